The van der Waals surface area contributed by atoms with Crippen LogP contribution in [0.3, 0.4) is 0 Å². The van der Waals surface area contributed by atoms with Crippen molar-refractivity contribution in [2.24, 2.45) is 5.73 Å². The van der Waals surface area contributed by atoms with E-state index in [2.05, 4.69) is 10.1 Å². The summed E-state index contributed by atoms with van der Waals surface area (Å²) in [5.41, 5.74) is 5.66. The molecule has 0 aromatic heterocycles. The average Bonchev–Trinajstić information content (AvgIpc) is 2.05. The van der Waals surface area contributed by atoms with E-state index in [4.69, 9.17) is 5.73 Å². The summed E-state index contributed by atoms with van der Waals surface area (Å²) in [4.78, 5) is 11.0. The standard InChI is InChI=1S/C8H16N2O2/c1-12-7(11)6-8(9)2-4-10-5-3-8/h10H,2-6,9H2,1H3. The van der Waals surface area contributed by atoms with E-state index in [0.717, 1.165) is 25.9 Å². The summed E-state index contributed by atoms with van der Waals surface area (Å²) in [5, 5.41) is 3.20. The Labute approximate surface area is 72.5 Å². The molecule has 12 heavy (non-hydrogen) atoms. The van der Waals surface area contributed by atoms with Crippen LogP contribution in [0.5, 0.6) is 0 Å². The molecule has 70 valence electrons. The SMILES string of the molecule is COC(=O)CC1(N)CCNCC1. The van der Waals surface area contributed by atoms with Crippen molar-refractivity contribution in [1.29, 1.82) is 0 Å². The first-order valence-corrected chi connectivity index (χ1v) is 4.23. The molecule has 1 fully saturated rings. The Morgan fingerprint density at radius 1 is 1.58 bits per heavy atom. The quantitative estimate of drug-likeness (QED) is 0.558. The zero-order valence-corrected chi connectivity index (χ0v) is 7.43. The van der Waals surface area contributed by atoms with E-state index in [-0.39, 0.29) is 11.5 Å². The number of nitrogens with two attached hydrogens (primary N) is 1. The van der Waals surface area contributed by atoms with E-state index in [1.807, 2.05) is 0 Å². The van der Waals surface area contributed by atoms with Gasteiger partial charge in [-0.2, -0.15) is 0 Å². The highest BCUT2D eigenvalue weighted by molar-refractivity contribution is 5.70. The minimum Gasteiger partial charge on any atom is -0.469 e. The van der Waals surface area contributed by atoms with Gasteiger partial charge in [-0.3, -0.25) is 4.79 Å². The first-order valence-electron chi connectivity index (χ1n) is 4.23. The minimum atomic E-state index is -0.335. The van der Waals surface area contributed by atoms with E-state index in [1.54, 1.807) is 0 Å². The fraction of sp³-hybridized carbons (Fsp3) is 0.875. The molecule has 0 spiro atoms. The lowest BCUT2D eigenvalue weighted by molar-refractivity contribution is -0.142. The fourth-order valence-electron chi connectivity index (χ4n) is 1.46. The molecule has 1 heterocycles. The maximum atomic E-state index is 11.0. The first kappa shape index (κ1) is 9.48. The number of nitrogens with one attached hydrogen (secondary N) is 1. The predicted octanol–water partition coefficient (Wildman–Crippen LogP) is -0.370. The third-order valence-electron chi connectivity index (χ3n) is 2.32. The molecule has 0 aromatic carbocycles. The number of ether oxygens (including phenoxy) is 1. The number of carbonyl (C=O) groups is 1. The molecule has 0 radical (unpaired) electrons. The molecular weight excluding hydrogens is 156 g/mol. The van der Waals surface area contributed by atoms with Gasteiger partial charge in [-0.25, -0.2) is 0 Å². The van der Waals surface area contributed by atoms with Crippen molar-refractivity contribution in [3.63, 3.8) is 0 Å². The van der Waals surface area contributed by atoms with Gasteiger partial charge in [-0.1, -0.05) is 0 Å². The average molecular weight is 172 g/mol. The van der Waals surface area contributed by atoms with Crippen LogP contribution in [0.2, 0.25) is 0 Å². The second-order valence-electron chi connectivity index (χ2n) is 3.37. The molecule has 0 atom stereocenters. The molecular formula is C8H16N2O2. The van der Waals surface area contributed by atoms with Crippen molar-refractivity contribution in [2.45, 2.75) is 24.8 Å². The number of methoxy groups -OCH3 is 1. The van der Waals surface area contributed by atoms with Crippen LogP contribution in [0.4, 0.5) is 0 Å². The van der Waals surface area contributed by atoms with Gasteiger partial charge in [0.15, 0.2) is 0 Å². The predicted molar refractivity (Wildman–Crippen MR) is 45.7 cm³/mol. The van der Waals surface area contributed by atoms with E-state index < -0.39 is 0 Å². The van der Waals surface area contributed by atoms with Crippen LogP contribution in [-0.4, -0.2) is 31.7 Å². The maximum absolute atomic E-state index is 11.0. The Hall–Kier alpha value is -0.610. The zero-order valence-electron chi connectivity index (χ0n) is 7.43. The third kappa shape index (κ3) is 2.46. The molecule has 1 aliphatic rings. The van der Waals surface area contributed by atoms with Gasteiger partial charge >= 0.3 is 5.97 Å². The van der Waals surface area contributed by atoms with Crippen LogP contribution in [-0.2, 0) is 9.53 Å². The van der Waals surface area contributed by atoms with Gasteiger partial charge in [0.2, 0.25) is 0 Å². The van der Waals surface area contributed by atoms with Gasteiger partial charge in [0.25, 0.3) is 0 Å². The Morgan fingerprint density at radius 3 is 2.67 bits per heavy atom. The van der Waals surface area contributed by atoms with Crippen LogP contribution in [0.25, 0.3) is 0 Å². The molecule has 4 heteroatoms. The highest BCUT2D eigenvalue weighted by Crippen LogP contribution is 2.19. The molecule has 3 N–H and O–H groups in total. The molecule has 1 aliphatic heterocycles. The van der Waals surface area contributed by atoms with Gasteiger partial charge in [0.05, 0.1) is 13.5 Å². The Morgan fingerprint density at radius 2 is 2.17 bits per heavy atom. The summed E-state index contributed by atoms with van der Waals surface area (Å²) in [5.74, 6) is -0.209. The second kappa shape index (κ2) is 3.87. The lowest BCUT2D eigenvalue weighted by Crippen LogP contribution is -2.50. The van der Waals surface area contributed by atoms with Gasteiger partial charge in [0, 0.05) is 5.54 Å². The third-order valence-corrected chi connectivity index (χ3v) is 2.32. The van der Waals surface area contributed by atoms with Gasteiger partial charge < -0.3 is 15.8 Å². The number of esters is 1. The highest BCUT2D eigenvalue weighted by Gasteiger charge is 2.30. The van der Waals surface area contributed by atoms with Crippen LogP contribution in [0.1, 0.15) is 19.3 Å². The maximum Gasteiger partial charge on any atom is 0.307 e. The van der Waals surface area contributed by atoms with Gasteiger partial charge in [-0.15, -0.1) is 0 Å². The Balaban J connectivity index is 2.41. The van der Waals surface area contributed by atoms with Gasteiger partial charge in [-0.05, 0) is 25.9 Å². The fourth-order valence-corrected chi connectivity index (χ4v) is 1.46. The highest BCUT2D eigenvalue weighted by atomic mass is 16.5. The van der Waals surface area contributed by atoms with Crippen LogP contribution in [0.15, 0.2) is 0 Å². The normalized spacial score (nSPS) is 21.8. The van der Waals surface area contributed by atoms with Crippen LogP contribution >= 0.6 is 0 Å². The second-order valence-corrected chi connectivity index (χ2v) is 3.37. The van der Waals surface area contributed by atoms with Crippen molar-refractivity contribution >= 4 is 5.97 Å². The van der Waals surface area contributed by atoms with Crippen molar-refractivity contribution in [1.82, 2.24) is 5.32 Å². The number of carbonyl (C=O) groups excluding carboxylic acids is 1. The van der Waals surface area contributed by atoms with Crippen molar-refractivity contribution in [3.8, 4) is 0 Å². The number of piperidine rings is 1. The van der Waals surface area contributed by atoms with Crippen molar-refractivity contribution in [2.75, 3.05) is 20.2 Å². The Kier molecular flexibility index (Phi) is 3.05. The van der Waals surface area contributed by atoms with Crippen molar-refractivity contribution in [3.05, 3.63) is 0 Å². The molecule has 0 aliphatic carbocycles. The van der Waals surface area contributed by atoms with Crippen molar-refractivity contribution < 1.29 is 9.53 Å². The van der Waals surface area contributed by atoms with E-state index >= 15 is 0 Å². The molecule has 0 saturated carbocycles. The summed E-state index contributed by atoms with van der Waals surface area (Å²) < 4.78 is 4.58. The summed E-state index contributed by atoms with van der Waals surface area (Å²) in [6, 6.07) is 0. The molecule has 1 rings (SSSR count). The Bertz CT molecular complexity index is 164. The number of hydrogen-bond acceptors (Lipinski definition) is 4. The summed E-state index contributed by atoms with van der Waals surface area (Å²) in [6.07, 6.45) is 2.04. The van der Waals surface area contributed by atoms with E-state index in [0.29, 0.717) is 6.42 Å². The topological polar surface area (TPSA) is 64.3 Å². The van der Waals surface area contributed by atoms with Crippen LogP contribution in [0, 0.1) is 0 Å². The summed E-state index contributed by atoms with van der Waals surface area (Å²) in [6.45, 7) is 1.79. The molecule has 0 amide bonds. The molecule has 0 unspecified atom stereocenters. The molecule has 1 saturated heterocycles. The lowest BCUT2D eigenvalue weighted by Gasteiger charge is -2.32. The van der Waals surface area contributed by atoms with Crippen LogP contribution < -0.4 is 11.1 Å². The monoisotopic (exact) mass is 172 g/mol. The first-order chi connectivity index (χ1) is 5.66. The zero-order chi connectivity index (χ0) is 9.03. The minimum absolute atomic E-state index is 0.209. The van der Waals surface area contributed by atoms with E-state index in [9.17, 15) is 4.79 Å². The lowest BCUT2D eigenvalue weighted by atomic mass is 9.86. The molecule has 4 nitrogen and oxygen atoms in total. The smallest absolute Gasteiger partial charge is 0.307 e. The number of rotatable bonds is 2. The summed E-state index contributed by atoms with van der Waals surface area (Å²) >= 11 is 0. The van der Waals surface area contributed by atoms with Gasteiger partial charge in [0.1, 0.15) is 0 Å². The largest absolute Gasteiger partial charge is 0.469 e. The number of hydrogen-bond donors (Lipinski definition) is 2. The van der Waals surface area contributed by atoms with E-state index in [1.165, 1.54) is 7.11 Å². The summed E-state index contributed by atoms with van der Waals surface area (Å²) in [7, 11) is 1.40. The molecule has 0 bridgehead atoms. The molecule has 0 aromatic rings.